The molecule has 0 aromatic heterocycles. The molecular formula is C23H22N2O4S. The van der Waals surface area contributed by atoms with E-state index in [2.05, 4.69) is 17.9 Å². The fourth-order valence-corrected chi connectivity index (χ4v) is 4.37. The Kier molecular flexibility index (Phi) is 5.63. The van der Waals surface area contributed by atoms with Crippen molar-refractivity contribution in [1.29, 1.82) is 0 Å². The van der Waals surface area contributed by atoms with Gasteiger partial charge in [0.05, 0.1) is 11.6 Å². The minimum atomic E-state index is -1.06. The SMILES string of the molecule is O=C(N[C@H]1C=Cc2cccc3c2N(C1=O)[C@H](C(=O)O)C3)C(CS)Cc1ccccc1. The van der Waals surface area contributed by atoms with Crippen LogP contribution in [0.25, 0.3) is 6.08 Å². The number of carbonyl (C=O) groups excluding carboxylic acids is 2. The first-order chi connectivity index (χ1) is 14.5. The molecule has 0 bridgehead atoms. The fraction of sp³-hybridized carbons (Fsp3) is 0.261. The number of amides is 2. The Labute approximate surface area is 180 Å². The van der Waals surface area contributed by atoms with E-state index in [1.165, 1.54) is 4.90 Å². The minimum Gasteiger partial charge on any atom is -0.480 e. The lowest BCUT2D eigenvalue weighted by Gasteiger charge is -2.26. The van der Waals surface area contributed by atoms with Crippen LogP contribution in [0, 0.1) is 5.92 Å². The van der Waals surface area contributed by atoms with Gasteiger partial charge in [-0.2, -0.15) is 12.6 Å². The summed E-state index contributed by atoms with van der Waals surface area (Å²) in [5.74, 6) is -1.86. The second kappa shape index (κ2) is 8.36. The summed E-state index contributed by atoms with van der Waals surface area (Å²) in [7, 11) is 0. The van der Waals surface area contributed by atoms with Gasteiger partial charge in [0.25, 0.3) is 5.91 Å². The number of hydrogen-bond donors (Lipinski definition) is 3. The van der Waals surface area contributed by atoms with Crippen LogP contribution in [-0.4, -0.2) is 40.7 Å². The monoisotopic (exact) mass is 422 g/mol. The average Bonchev–Trinajstić information content (AvgIpc) is 3.09. The molecule has 2 aromatic carbocycles. The molecule has 1 unspecified atom stereocenters. The summed E-state index contributed by atoms with van der Waals surface area (Å²) in [4.78, 5) is 39.3. The van der Waals surface area contributed by atoms with Crippen molar-refractivity contribution in [3.8, 4) is 0 Å². The van der Waals surface area contributed by atoms with Gasteiger partial charge in [0, 0.05) is 12.2 Å². The molecular weight excluding hydrogens is 400 g/mol. The maximum Gasteiger partial charge on any atom is 0.327 e. The molecule has 2 heterocycles. The third-order valence-corrected chi connectivity index (χ3v) is 6.03. The van der Waals surface area contributed by atoms with Gasteiger partial charge >= 0.3 is 5.97 Å². The molecule has 0 fully saturated rings. The zero-order chi connectivity index (χ0) is 21.3. The number of hydrogen-bond acceptors (Lipinski definition) is 4. The lowest BCUT2D eigenvalue weighted by molar-refractivity contribution is -0.140. The molecule has 7 heteroatoms. The largest absolute Gasteiger partial charge is 0.480 e. The summed E-state index contributed by atoms with van der Waals surface area (Å²) in [5, 5.41) is 12.5. The number of rotatable bonds is 6. The smallest absolute Gasteiger partial charge is 0.327 e. The van der Waals surface area contributed by atoms with E-state index < -0.39 is 29.9 Å². The lowest BCUT2D eigenvalue weighted by atomic mass is 9.99. The molecule has 3 atom stereocenters. The highest BCUT2D eigenvalue weighted by Gasteiger charge is 2.43. The molecule has 4 rings (SSSR count). The van der Waals surface area contributed by atoms with Gasteiger partial charge in [0.1, 0.15) is 12.1 Å². The first-order valence-electron chi connectivity index (χ1n) is 9.80. The molecule has 2 N–H and O–H groups in total. The number of carbonyl (C=O) groups is 3. The molecule has 2 aliphatic rings. The van der Waals surface area contributed by atoms with E-state index in [9.17, 15) is 19.5 Å². The van der Waals surface area contributed by atoms with E-state index in [4.69, 9.17) is 0 Å². The van der Waals surface area contributed by atoms with Crippen LogP contribution in [0.5, 0.6) is 0 Å². The van der Waals surface area contributed by atoms with Gasteiger partial charge in [-0.3, -0.25) is 14.5 Å². The van der Waals surface area contributed by atoms with E-state index in [1.807, 2.05) is 48.5 Å². The number of thiol groups is 1. The van der Waals surface area contributed by atoms with E-state index in [0.717, 1.165) is 16.7 Å². The first kappa shape index (κ1) is 20.2. The van der Waals surface area contributed by atoms with Crippen molar-refractivity contribution in [3.05, 3.63) is 71.3 Å². The number of nitrogens with zero attached hydrogens (tertiary/aromatic N) is 1. The van der Waals surface area contributed by atoms with Crippen LogP contribution in [0.1, 0.15) is 16.7 Å². The Bertz CT molecular complexity index is 1020. The van der Waals surface area contributed by atoms with Crippen LogP contribution in [0.3, 0.4) is 0 Å². The summed E-state index contributed by atoms with van der Waals surface area (Å²) < 4.78 is 0. The lowest BCUT2D eigenvalue weighted by Crippen LogP contribution is -2.53. The fourth-order valence-electron chi connectivity index (χ4n) is 4.07. The highest BCUT2D eigenvalue weighted by Crippen LogP contribution is 2.38. The van der Waals surface area contributed by atoms with Crippen molar-refractivity contribution in [1.82, 2.24) is 5.32 Å². The van der Waals surface area contributed by atoms with Crippen molar-refractivity contribution < 1.29 is 19.5 Å². The van der Waals surface area contributed by atoms with E-state index in [1.54, 1.807) is 12.2 Å². The Balaban J connectivity index is 1.57. The number of carboxylic acid groups (broad SMARTS) is 1. The Hall–Kier alpha value is -3.06. The van der Waals surface area contributed by atoms with E-state index in [-0.39, 0.29) is 12.3 Å². The minimum absolute atomic E-state index is 0.256. The number of para-hydroxylation sites is 1. The second-order valence-corrected chi connectivity index (χ2v) is 7.90. The van der Waals surface area contributed by atoms with Crippen molar-refractivity contribution in [3.63, 3.8) is 0 Å². The molecule has 0 radical (unpaired) electrons. The zero-order valence-electron chi connectivity index (χ0n) is 16.2. The number of aliphatic carboxylic acids is 1. The van der Waals surface area contributed by atoms with Crippen molar-refractivity contribution >= 4 is 42.2 Å². The third-order valence-electron chi connectivity index (χ3n) is 5.59. The molecule has 0 saturated heterocycles. The van der Waals surface area contributed by atoms with E-state index >= 15 is 0 Å². The van der Waals surface area contributed by atoms with Gasteiger partial charge in [-0.05, 0) is 23.1 Å². The number of carboxylic acids is 1. The Morgan fingerprint density at radius 3 is 2.63 bits per heavy atom. The summed E-state index contributed by atoms with van der Waals surface area (Å²) >= 11 is 4.32. The van der Waals surface area contributed by atoms with Crippen molar-refractivity contribution in [2.24, 2.45) is 5.92 Å². The van der Waals surface area contributed by atoms with Crippen molar-refractivity contribution in [2.45, 2.75) is 24.9 Å². The molecule has 30 heavy (non-hydrogen) atoms. The summed E-state index contributed by atoms with van der Waals surface area (Å²) in [6.45, 7) is 0. The Morgan fingerprint density at radius 2 is 1.93 bits per heavy atom. The van der Waals surface area contributed by atoms with Crippen LogP contribution >= 0.6 is 12.6 Å². The Morgan fingerprint density at radius 1 is 1.17 bits per heavy atom. The summed E-state index contributed by atoms with van der Waals surface area (Å²) in [6.07, 6.45) is 4.17. The van der Waals surface area contributed by atoms with Crippen LogP contribution in [0.2, 0.25) is 0 Å². The average molecular weight is 423 g/mol. The summed E-state index contributed by atoms with van der Waals surface area (Å²) in [5.41, 5.74) is 3.23. The molecule has 0 saturated carbocycles. The standard InChI is InChI=1S/C23H22N2O4S/c26-21(17(13-30)11-14-5-2-1-3-6-14)24-18-10-9-15-7-4-8-16-12-19(23(28)29)25(20(15)16)22(18)27/h1-10,17-19,30H,11-13H2,(H,24,26)(H,28,29)/t17?,18-,19-/m0/s1. The number of anilines is 1. The molecule has 2 aliphatic heterocycles. The van der Waals surface area contributed by atoms with Gasteiger partial charge in [-0.25, -0.2) is 4.79 Å². The quantitative estimate of drug-likeness (QED) is 0.624. The number of nitrogens with one attached hydrogen (secondary N) is 1. The molecule has 0 aliphatic carbocycles. The van der Waals surface area contributed by atoms with Crippen LogP contribution in [-0.2, 0) is 27.2 Å². The maximum atomic E-state index is 13.3. The van der Waals surface area contributed by atoms with Gasteiger partial charge < -0.3 is 10.4 Å². The predicted molar refractivity (Wildman–Crippen MR) is 118 cm³/mol. The zero-order valence-corrected chi connectivity index (χ0v) is 17.1. The normalized spacial score (nSPS) is 20.4. The topological polar surface area (TPSA) is 86.7 Å². The predicted octanol–water partition coefficient (Wildman–Crippen LogP) is 2.33. The van der Waals surface area contributed by atoms with Crippen molar-refractivity contribution in [2.75, 3.05) is 10.7 Å². The van der Waals surface area contributed by atoms with Gasteiger partial charge in [-0.15, -0.1) is 0 Å². The molecule has 6 nitrogen and oxygen atoms in total. The van der Waals surface area contributed by atoms with Crippen LogP contribution in [0.15, 0.2) is 54.6 Å². The highest BCUT2D eigenvalue weighted by atomic mass is 32.1. The molecule has 2 aromatic rings. The van der Waals surface area contributed by atoms with Gasteiger partial charge in [0.15, 0.2) is 0 Å². The third kappa shape index (κ3) is 3.73. The first-order valence-corrected chi connectivity index (χ1v) is 10.4. The highest BCUT2D eigenvalue weighted by molar-refractivity contribution is 7.80. The van der Waals surface area contributed by atoms with E-state index in [0.29, 0.717) is 17.9 Å². The summed E-state index contributed by atoms with van der Waals surface area (Å²) in [6, 6.07) is 13.2. The molecule has 2 amide bonds. The number of benzene rings is 2. The molecule has 0 spiro atoms. The second-order valence-electron chi connectivity index (χ2n) is 7.54. The van der Waals surface area contributed by atoms with Gasteiger partial charge in [-0.1, -0.05) is 60.7 Å². The molecule has 154 valence electrons. The van der Waals surface area contributed by atoms with Crippen LogP contribution in [0.4, 0.5) is 5.69 Å². The van der Waals surface area contributed by atoms with Gasteiger partial charge in [0.2, 0.25) is 5.91 Å². The maximum absolute atomic E-state index is 13.3. The van der Waals surface area contributed by atoms with Crippen LogP contribution < -0.4 is 10.2 Å².